The molecule has 3 aromatic carbocycles. The van der Waals surface area contributed by atoms with Gasteiger partial charge in [-0.05, 0) is 81.3 Å². The highest BCUT2D eigenvalue weighted by Gasteiger charge is 2.53. The van der Waals surface area contributed by atoms with E-state index >= 15 is 0 Å². The number of alkyl halides is 3. The first kappa shape index (κ1) is 28.8. The molecule has 2 aliphatic rings. The van der Waals surface area contributed by atoms with Crippen LogP contribution >= 0.6 is 0 Å². The van der Waals surface area contributed by atoms with Crippen LogP contribution in [0.5, 0.6) is 5.75 Å². The molecule has 218 valence electrons. The Morgan fingerprint density at radius 1 is 1.00 bits per heavy atom. The number of hydrogen-bond acceptors (Lipinski definition) is 5. The maximum atomic E-state index is 14.6. The summed E-state index contributed by atoms with van der Waals surface area (Å²) in [6, 6.07) is 10.2. The number of benzene rings is 3. The molecule has 12 heteroatoms. The van der Waals surface area contributed by atoms with E-state index in [9.17, 15) is 35.2 Å². The Morgan fingerprint density at radius 3 is 2.41 bits per heavy atom. The summed E-state index contributed by atoms with van der Waals surface area (Å²) in [6.07, 6.45) is -5.23. The average Bonchev–Trinajstić information content (AvgIpc) is 3.69. The van der Waals surface area contributed by atoms with Crippen molar-refractivity contribution in [3.8, 4) is 16.9 Å². The molecule has 0 amide bonds. The number of sulfonamides is 1. The lowest BCUT2D eigenvalue weighted by atomic mass is 10.0. The predicted molar refractivity (Wildman–Crippen MR) is 140 cm³/mol. The lowest BCUT2D eigenvalue weighted by molar-refractivity contribution is -0.157. The molecule has 0 radical (unpaired) electrons. The van der Waals surface area contributed by atoms with E-state index in [1.54, 1.807) is 20.8 Å². The molecule has 6 nitrogen and oxygen atoms in total. The Labute approximate surface area is 233 Å². The van der Waals surface area contributed by atoms with Crippen molar-refractivity contribution in [1.29, 1.82) is 0 Å². The van der Waals surface area contributed by atoms with Gasteiger partial charge in [-0.25, -0.2) is 17.2 Å². The van der Waals surface area contributed by atoms with Crippen molar-refractivity contribution in [3.05, 3.63) is 77.9 Å². The molecule has 41 heavy (non-hydrogen) atoms. The third kappa shape index (κ3) is 5.88. The average molecular weight is 596 g/mol. The van der Waals surface area contributed by atoms with Crippen LogP contribution in [0.2, 0.25) is 0 Å². The van der Waals surface area contributed by atoms with Crippen LogP contribution in [0.1, 0.15) is 32.8 Å². The van der Waals surface area contributed by atoms with Crippen molar-refractivity contribution in [1.82, 2.24) is 0 Å². The van der Waals surface area contributed by atoms with Gasteiger partial charge in [-0.15, -0.1) is 0 Å². The Balaban J connectivity index is 1.56. The molecule has 3 aromatic rings. The van der Waals surface area contributed by atoms with E-state index in [2.05, 4.69) is 0 Å². The second kappa shape index (κ2) is 10.0. The van der Waals surface area contributed by atoms with E-state index in [-0.39, 0.29) is 29.1 Å². The van der Waals surface area contributed by atoms with E-state index in [4.69, 9.17) is 9.47 Å². The van der Waals surface area contributed by atoms with Gasteiger partial charge >= 0.3 is 12.1 Å². The molecule has 1 heterocycles. The molecule has 1 fully saturated rings. The van der Waals surface area contributed by atoms with Gasteiger partial charge in [0.15, 0.2) is 0 Å². The molecule has 1 aliphatic heterocycles. The zero-order valence-electron chi connectivity index (χ0n) is 22.2. The largest absolute Gasteiger partial charge is 0.486 e. The number of rotatable bonds is 5. The number of anilines is 1. The normalized spacial score (nSPS) is 20.7. The third-order valence-electron chi connectivity index (χ3n) is 6.87. The molecule has 0 saturated heterocycles. The summed E-state index contributed by atoms with van der Waals surface area (Å²) in [4.78, 5) is 12.0. The van der Waals surface area contributed by atoms with Gasteiger partial charge in [-0.3, -0.25) is 9.10 Å². The zero-order valence-corrected chi connectivity index (χ0v) is 23.0. The van der Waals surface area contributed by atoms with E-state index in [0.717, 1.165) is 40.7 Å². The Bertz CT molecular complexity index is 1620. The van der Waals surface area contributed by atoms with Crippen molar-refractivity contribution in [2.45, 2.75) is 50.0 Å². The Morgan fingerprint density at radius 2 is 1.73 bits per heavy atom. The van der Waals surface area contributed by atoms with E-state index in [0.29, 0.717) is 12.5 Å². The summed E-state index contributed by atoms with van der Waals surface area (Å²) in [5.41, 5.74) is -1.95. The highest BCUT2D eigenvalue weighted by molar-refractivity contribution is 7.92. The summed E-state index contributed by atoms with van der Waals surface area (Å²) >= 11 is 0. The van der Waals surface area contributed by atoms with Crippen LogP contribution in [0.3, 0.4) is 0 Å². The minimum absolute atomic E-state index is 0.0608. The fraction of sp³-hybridized carbons (Fsp3) is 0.345. The number of halogens is 5. The second-order valence-electron chi connectivity index (χ2n) is 11.1. The van der Waals surface area contributed by atoms with Crippen molar-refractivity contribution in [2.24, 2.45) is 11.8 Å². The molecule has 0 N–H and O–H groups in total. The summed E-state index contributed by atoms with van der Waals surface area (Å²) in [5, 5.41) is 0. The highest BCUT2D eigenvalue weighted by atomic mass is 32.2. The van der Waals surface area contributed by atoms with Crippen LogP contribution < -0.4 is 9.04 Å². The molecule has 0 bridgehead atoms. The van der Waals surface area contributed by atoms with E-state index in [1.807, 2.05) is 0 Å². The maximum Gasteiger partial charge on any atom is 0.416 e. The molecule has 5 rings (SSSR count). The first-order valence-corrected chi connectivity index (χ1v) is 14.2. The molecule has 1 aliphatic carbocycles. The quantitative estimate of drug-likeness (QED) is 0.246. The fourth-order valence-corrected chi connectivity index (χ4v) is 6.37. The lowest BCUT2D eigenvalue weighted by Crippen LogP contribution is -2.45. The van der Waals surface area contributed by atoms with Crippen molar-refractivity contribution in [3.63, 3.8) is 0 Å². The van der Waals surface area contributed by atoms with Gasteiger partial charge in [0.05, 0.1) is 28.6 Å². The van der Waals surface area contributed by atoms with Gasteiger partial charge in [0.2, 0.25) is 0 Å². The van der Waals surface area contributed by atoms with Crippen LogP contribution in [0.25, 0.3) is 11.1 Å². The third-order valence-corrected chi connectivity index (χ3v) is 8.64. The van der Waals surface area contributed by atoms with Crippen LogP contribution in [0, 0.1) is 23.5 Å². The summed E-state index contributed by atoms with van der Waals surface area (Å²) in [6.45, 7) is 4.83. The number of hydrogen-bond donors (Lipinski definition) is 0. The SMILES string of the molecule is CC(C)(C)OC(=O)[C@H]1C[C@@H]1[C@H]1CN(S(=O)(=O)c2cccc(C(F)(F)F)c2)c2cc(-c3cc(F)ccc3F)ccc2O1. The molecule has 3 atom stereocenters. The van der Waals surface area contributed by atoms with Crippen LogP contribution in [-0.2, 0) is 25.7 Å². The van der Waals surface area contributed by atoms with Crippen LogP contribution in [0.4, 0.5) is 27.6 Å². The monoisotopic (exact) mass is 595 g/mol. The molecule has 0 unspecified atom stereocenters. The van der Waals surface area contributed by atoms with Crippen molar-refractivity contribution < 1.29 is 44.6 Å². The molecular formula is C29H26F5NO5S. The first-order valence-electron chi connectivity index (χ1n) is 12.7. The number of nitrogens with zero attached hydrogens (tertiary/aromatic N) is 1. The lowest BCUT2D eigenvalue weighted by Gasteiger charge is -2.36. The topological polar surface area (TPSA) is 72.9 Å². The Kier molecular flexibility index (Phi) is 7.04. The van der Waals surface area contributed by atoms with Gasteiger partial charge in [0.1, 0.15) is 29.1 Å². The first-order chi connectivity index (χ1) is 19.0. The van der Waals surface area contributed by atoms with Crippen molar-refractivity contribution >= 4 is 21.7 Å². The van der Waals surface area contributed by atoms with Gasteiger partial charge < -0.3 is 9.47 Å². The Hall–Kier alpha value is -3.67. The van der Waals surface area contributed by atoms with Crippen molar-refractivity contribution in [2.75, 3.05) is 10.8 Å². The van der Waals surface area contributed by atoms with E-state index < -0.39 is 67.8 Å². The van der Waals surface area contributed by atoms with Crippen LogP contribution in [0.15, 0.2) is 65.6 Å². The number of carbonyl (C=O) groups is 1. The standard InChI is InChI=1S/C29H26F5NO5S/c1-28(2,3)40-27(36)22-14-21(22)26-15-35(41(37,38)19-6-4-5-17(12-19)29(32,33)34)24-11-16(7-10-25(24)39-26)20-13-18(30)8-9-23(20)31/h4-13,21-22,26H,14-15H2,1-3H3/t21-,22-,26+/m0/s1. The summed E-state index contributed by atoms with van der Waals surface area (Å²) in [7, 11) is -4.61. The number of carbonyl (C=O) groups excluding carboxylic acids is 1. The smallest absolute Gasteiger partial charge is 0.416 e. The number of ether oxygens (including phenoxy) is 2. The van der Waals surface area contributed by atoms with Gasteiger partial charge in [0.25, 0.3) is 10.0 Å². The molecule has 0 spiro atoms. The molecular weight excluding hydrogens is 569 g/mol. The number of fused-ring (bicyclic) bond motifs is 1. The maximum absolute atomic E-state index is 14.6. The minimum atomic E-state index is -4.78. The fourth-order valence-electron chi connectivity index (χ4n) is 4.84. The molecule has 0 aromatic heterocycles. The van der Waals surface area contributed by atoms with Gasteiger partial charge in [-0.1, -0.05) is 12.1 Å². The van der Waals surface area contributed by atoms with E-state index in [1.165, 1.54) is 18.2 Å². The number of esters is 1. The molecule has 1 saturated carbocycles. The van der Waals surface area contributed by atoms with Gasteiger partial charge in [0, 0.05) is 11.5 Å². The second-order valence-corrected chi connectivity index (χ2v) is 12.9. The summed E-state index contributed by atoms with van der Waals surface area (Å²) < 4.78 is 109. The van der Waals surface area contributed by atoms with Gasteiger partial charge in [-0.2, -0.15) is 13.2 Å². The summed E-state index contributed by atoms with van der Waals surface area (Å²) in [5.74, 6) is -2.82. The zero-order chi connectivity index (χ0) is 29.9. The van der Waals surface area contributed by atoms with Crippen LogP contribution in [-0.4, -0.2) is 32.6 Å². The minimum Gasteiger partial charge on any atom is -0.486 e. The highest BCUT2D eigenvalue weighted by Crippen LogP contribution is 2.49. The predicted octanol–water partition coefficient (Wildman–Crippen LogP) is 6.58.